The Balaban J connectivity index is 2.00. The predicted octanol–water partition coefficient (Wildman–Crippen LogP) is 4.61. The van der Waals surface area contributed by atoms with Gasteiger partial charge in [0.15, 0.2) is 0 Å². The zero-order valence-electron chi connectivity index (χ0n) is 10.5. The molecule has 7 heteroatoms. The first-order chi connectivity index (χ1) is 9.95. The minimum atomic E-state index is -0.659. The van der Waals surface area contributed by atoms with E-state index >= 15 is 0 Å². The number of imide groups is 1. The normalized spacial score (nSPS) is 10.0. The lowest BCUT2D eigenvalue weighted by Crippen LogP contribution is -2.34. The number of amides is 3. The van der Waals surface area contributed by atoms with Gasteiger partial charge in [-0.25, -0.2) is 4.79 Å². The van der Waals surface area contributed by atoms with Crippen molar-refractivity contribution < 1.29 is 9.59 Å². The molecule has 108 valence electrons. The van der Waals surface area contributed by atoms with E-state index in [0.29, 0.717) is 15.7 Å². The Labute approximate surface area is 136 Å². The Kier molecular flexibility index (Phi) is 5.07. The number of hydrogen-bond acceptors (Lipinski definition) is 2. The fourth-order valence-electron chi connectivity index (χ4n) is 1.51. The maximum Gasteiger partial charge on any atom is 0.326 e. The van der Waals surface area contributed by atoms with E-state index in [2.05, 4.69) is 10.6 Å². The highest BCUT2D eigenvalue weighted by Gasteiger charge is 2.11. The Morgan fingerprint density at radius 3 is 2.14 bits per heavy atom. The maximum absolute atomic E-state index is 11.9. The highest BCUT2D eigenvalue weighted by molar-refractivity contribution is 6.42. The molecule has 0 bridgehead atoms. The third kappa shape index (κ3) is 4.36. The lowest BCUT2D eigenvalue weighted by atomic mass is 10.2. The standard InChI is InChI=1S/C14H9Cl3N2O2/c15-9-2-4-10(5-3-9)18-14(21)19-13(20)8-1-6-11(16)12(17)7-8/h1-7H,(H2,18,19,20,21). The first-order valence-corrected chi connectivity index (χ1v) is 6.92. The van der Waals surface area contributed by atoms with Gasteiger partial charge >= 0.3 is 6.03 Å². The monoisotopic (exact) mass is 342 g/mol. The fourth-order valence-corrected chi connectivity index (χ4v) is 1.93. The molecule has 0 fully saturated rings. The maximum atomic E-state index is 11.9. The van der Waals surface area contributed by atoms with Gasteiger partial charge in [-0.1, -0.05) is 34.8 Å². The van der Waals surface area contributed by atoms with Crippen molar-refractivity contribution >= 4 is 52.4 Å². The summed E-state index contributed by atoms with van der Waals surface area (Å²) in [7, 11) is 0. The van der Waals surface area contributed by atoms with Crippen LogP contribution < -0.4 is 10.6 Å². The van der Waals surface area contributed by atoms with Crippen LogP contribution in [0.4, 0.5) is 10.5 Å². The van der Waals surface area contributed by atoms with Crippen LogP contribution in [0.2, 0.25) is 15.1 Å². The van der Waals surface area contributed by atoms with Crippen molar-refractivity contribution in [3.8, 4) is 0 Å². The number of halogens is 3. The molecule has 0 spiro atoms. The van der Waals surface area contributed by atoms with Crippen LogP contribution >= 0.6 is 34.8 Å². The predicted molar refractivity (Wildman–Crippen MR) is 84.4 cm³/mol. The second-order valence-electron chi connectivity index (χ2n) is 4.04. The first kappa shape index (κ1) is 15.6. The number of anilines is 1. The molecule has 0 aliphatic heterocycles. The third-order valence-corrected chi connectivity index (χ3v) is 3.50. The molecule has 2 aromatic rings. The van der Waals surface area contributed by atoms with Crippen molar-refractivity contribution in [2.75, 3.05) is 5.32 Å². The van der Waals surface area contributed by atoms with Crippen LogP contribution in [0.15, 0.2) is 42.5 Å². The molecule has 0 atom stereocenters. The summed E-state index contributed by atoms with van der Waals surface area (Å²) in [5, 5.41) is 5.81. The van der Waals surface area contributed by atoms with E-state index in [9.17, 15) is 9.59 Å². The summed E-state index contributed by atoms with van der Waals surface area (Å²) < 4.78 is 0. The van der Waals surface area contributed by atoms with Gasteiger partial charge in [-0.3, -0.25) is 10.1 Å². The lowest BCUT2D eigenvalue weighted by molar-refractivity contribution is 0.0967. The summed E-state index contributed by atoms with van der Waals surface area (Å²) in [6.45, 7) is 0. The summed E-state index contributed by atoms with van der Waals surface area (Å²) in [5.74, 6) is -0.583. The van der Waals surface area contributed by atoms with E-state index in [1.807, 2.05) is 0 Å². The van der Waals surface area contributed by atoms with Crippen molar-refractivity contribution in [2.24, 2.45) is 0 Å². The topological polar surface area (TPSA) is 58.2 Å². The molecule has 0 heterocycles. The van der Waals surface area contributed by atoms with Gasteiger partial charge in [-0.05, 0) is 42.5 Å². The van der Waals surface area contributed by atoms with E-state index in [0.717, 1.165) is 0 Å². The number of hydrogen-bond donors (Lipinski definition) is 2. The highest BCUT2D eigenvalue weighted by Crippen LogP contribution is 2.22. The van der Waals surface area contributed by atoms with E-state index < -0.39 is 11.9 Å². The van der Waals surface area contributed by atoms with E-state index in [1.54, 1.807) is 24.3 Å². The smallest absolute Gasteiger partial charge is 0.308 e. The summed E-state index contributed by atoms with van der Waals surface area (Å²) in [6, 6.07) is 10.2. The van der Waals surface area contributed by atoms with E-state index in [1.165, 1.54) is 18.2 Å². The number of carbonyl (C=O) groups excluding carboxylic acids is 2. The van der Waals surface area contributed by atoms with Crippen LogP contribution in [0.1, 0.15) is 10.4 Å². The Morgan fingerprint density at radius 2 is 1.52 bits per heavy atom. The van der Waals surface area contributed by atoms with Gasteiger partial charge in [-0.2, -0.15) is 0 Å². The molecule has 0 aromatic heterocycles. The van der Waals surface area contributed by atoms with Crippen LogP contribution in [0, 0.1) is 0 Å². The van der Waals surface area contributed by atoms with Crippen molar-refractivity contribution in [1.29, 1.82) is 0 Å². The van der Waals surface area contributed by atoms with Crippen molar-refractivity contribution in [3.05, 3.63) is 63.1 Å². The molecule has 0 aliphatic rings. The Bertz CT molecular complexity index is 687. The molecule has 3 amide bonds. The SMILES string of the molecule is O=C(NC(=O)c1ccc(Cl)c(Cl)c1)Nc1ccc(Cl)cc1. The van der Waals surface area contributed by atoms with Gasteiger partial charge in [0.25, 0.3) is 5.91 Å². The number of rotatable bonds is 2. The average molecular weight is 344 g/mol. The number of urea groups is 1. The summed E-state index contributed by atoms with van der Waals surface area (Å²) >= 11 is 17.3. The molecular formula is C14H9Cl3N2O2. The Morgan fingerprint density at radius 1 is 0.857 bits per heavy atom. The average Bonchev–Trinajstić information content (AvgIpc) is 2.44. The van der Waals surface area contributed by atoms with E-state index in [-0.39, 0.29) is 10.6 Å². The molecule has 21 heavy (non-hydrogen) atoms. The van der Waals surface area contributed by atoms with Gasteiger partial charge in [0.2, 0.25) is 0 Å². The van der Waals surface area contributed by atoms with Gasteiger partial charge in [-0.15, -0.1) is 0 Å². The second kappa shape index (κ2) is 6.80. The fraction of sp³-hybridized carbons (Fsp3) is 0. The lowest BCUT2D eigenvalue weighted by Gasteiger charge is -2.07. The van der Waals surface area contributed by atoms with Gasteiger partial charge < -0.3 is 5.32 Å². The molecule has 2 N–H and O–H groups in total. The molecule has 2 aromatic carbocycles. The summed E-state index contributed by atoms with van der Waals surface area (Å²) in [6.07, 6.45) is 0. The van der Waals surface area contributed by atoms with E-state index in [4.69, 9.17) is 34.8 Å². The van der Waals surface area contributed by atoms with Crippen molar-refractivity contribution in [2.45, 2.75) is 0 Å². The molecule has 0 aliphatic carbocycles. The largest absolute Gasteiger partial charge is 0.326 e. The van der Waals surface area contributed by atoms with Crippen LogP contribution in [0.25, 0.3) is 0 Å². The number of benzene rings is 2. The zero-order chi connectivity index (χ0) is 15.4. The first-order valence-electron chi connectivity index (χ1n) is 5.78. The molecule has 0 saturated carbocycles. The second-order valence-corrected chi connectivity index (χ2v) is 5.29. The number of nitrogens with one attached hydrogen (secondary N) is 2. The highest BCUT2D eigenvalue weighted by atomic mass is 35.5. The van der Waals surface area contributed by atoms with Crippen LogP contribution in [-0.2, 0) is 0 Å². The van der Waals surface area contributed by atoms with Gasteiger partial charge in [0.1, 0.15) is 0 Å². The zero-order valence-corrected chi connectivity index (χ0v) is 12.8. The summed E-state index contributed by atoms with van der Waals surface area (Å²) in [4.78, 5) is 23.6. The molecule has 4 nitrogen and oxygen atoms in total. The van der Waals surface area contributed by atoms with Crippen LogP contribution in [0.5, 0.6) is 0 Å². The molecule has 0 radical (unpaired) electrons. The van der Waals surface area contributed by atoms with Crippen molar-refractivity contribution in [3.63, 3.8) is 0 Å². The van der Waals surface area contributed by atoms with Gasteiger partial charge in [0, 0.05) is 16.3 Å². The third-order valence-electron chi connectivity index (χ3n) is 2.51. The minimum Gasteiger partial charge on any atom is -0.308 e. The van der Waals surface area contributed by atoms with Crippen molar-refractivity contribution in [1.82, 2.24) is 5.32 Å². The van der Waals surface area contributed by atoms with Crippen LogP contribution in [-0.4, -0.2) is 11.9 Å². The molecule has 0 saturated heterocycles. The Hall–Kier alpha value is -1.75. The quantitative estimate of drug-likeness (QED) is 0.836. The molecule has 0 unspecified atom stereocenters. The minimum absolute atomic E-state index is 0.232. The van der Waals surface area contributed by atoms with Crippen LogP contribution in [0.3, 0.4) is 0 Å². The molecule has 2 rings (SSSR count). The number of carbonyl (C=O) groups is 2. The summed E-state index contributed by atoms with van der Waals surface area (Å²) in [5.41, 5.74) is 0.745. The molecular weight excluding hydrogens is 335 g/mol. The van der Waals surface area contributed by atoms with Gasteiger partial charge in [0.05, 0.1) is 10.0 Å².